The summed E-state index contributed by atoms with van der Waals surface area (Å²) in [7, 11) is 0. The highest BCUT2D eigenvalue weighted by Crippen LogP contribution is 2.26. The molecule has 2 aliphatic rings. The number of hydrogen-bond acceptors (Lipinski definition) is 8. The largest absolute Gasteiger partial charge is 0.390 e. The minimum Gasteiger partial charge on any atom is -0.390 e. The minimum atomic E-state index is -0.0952. The zero-order valence-electron chi connectivity index (χ0n) is 23.7. The Labute approximate surface area is 257 Å². The molecule has 6 rings (SSSR count). The van der Waals surface area contributed by atoms with Crippen LogP contribution in [0.4, 0.5) is 0 Å². The van der Waals surface area contributed by atoms with E-state index in [-0.39, 0.29) is 24.6 Å². The van der Waals surface area contributed by atoms with E-state index in [1.54, 1.807) is 0 Å². The van der Waals surface area contributed by atoms with Crippen molar-refractivity contribution in [1.29, 1.82) is 0 Å². The monoisotopic (exact) mass is 618 g/mol. The molecule has 6 nitrogen and oxygen atoms in total. The van der Waals surface area contributed by atoms with Gasteiger partial charge in [-0.2, -0.15) is 0 Å². The highest BCUT2D eigenvalue weighted by atomic mass is 35.5. The summed E-state index contributed by atoms with van der Waals surface area (Å²) in [5.41, 5.74) is 2.78. The van der Waals surface area contributed by atoms with E-state index >= 15 is 0 Å². The molecule has 2 aromatic heterocycles. The van der Waals surface area contributed by atoms with Gasteiger partial charge in [-0.15, -0.1) is 35.1 Å². The van der Waals surface area contributed by atoms with Gasteiger partial charge in [-0.3, -0.25) is 9.80 Å². The summed E-state index contributed by atoms with van der Waals surface area (Å²) < 4.78 is 14.2. The lowest BCUT2D eigenvalue weighted by atomic mass is 10.1. The fraction of sp³-hybridized carbons (Fsp3) is 0.500. The van der Waals surface area contributed by atoms with Crippen LogP contribution in [0, 0.1) is 0 Å². The third kappa shape index (κ3) is 9.71. The molecule has 2 N–H and O–H groups in total. The quantitative estimate of drug-likeness (QED) is 0.183. The third-order valence-corrected chi connectivity index (χ3v) is 9.57. The van der Waals surface area contributed by atoms with Crippen molar-refractivity contribution in [3.8, 4) is 0 Å². The molecule has 2 fully saturated rings. The predicted molar refractivity (Wildman–Crippen MR) is 174 cm³/mol. The number of ether oxygens (including phenoxy) is 2. The summed E-state index contributed by atoms with van der Waals surface area (Å²) in [4.78, 5) is 4.53. The number of nitrogens with zero attached hydrogens (tertiary/aromatic N) is 2. The van der Waals surface area contributed by atoms with Crippen LogP contribution in [0.3, 0.4) is 0 Å². The van der Waals surface area contributed by atoms with Gasteiger partial charge in [0.25, 0.3) is 0 Å². The van der Waals surface area contributed by atoms with Gasteiger partial charge in [-0.1, -0.05) is 36.4 Å². The van der Waals surface area contributed by atoms with Crippen LogP contribution in [0.5, 0.6) is 0 Å². The van der Waals surface area contributed by atoms with Gasteiger partial charge in [0, 0.05) is 61.9 Å². The molecule has 224 valence electrons. The van der Waals surface area contributed by atoms with E-state index in [9.17, 15) is 10.2 Å². The molecule has 4 aromatic rings. The van der Waals surface area contributed by atoms with Gasteiger partial charge in [0.05, 0.1) is 25.4 Å². The van der Waals surface area contributed by atoms with Crippen molar-refractivity contribution in [2.75, 3.05) is 65.7 Å². The highest BCUT2D eigenvalue weighted by Gasteiger charge is 2.23. The van der Waals surface area contributed by atoms with Crippen LogP contribution in [0.15, 0.2) is 59.3 Å². The van der Waals surface area contributed by atoms with Crippen LogP contribution in [0.25, 0.3) is 20.2 Å². The number of β-amino-alcohol motifs (C(OH)–C–C–N with tert-alkyl or cyclic N) is 2. The van der Waals surface area contributed by atoms with Crippen LogP contribution < -0.4 is 0 Å². The highest BCUT2D eigenvalue weighted by molar-refractivity contribution is 7.17. The van der Waals surface area contributed by atoms with Crippen molar-refractivity contribution in [2.45, 2.75) is 37.9 Å². The van der Waals surface area contributed by atoms with Gasteiger partial charge in [0.15, 0.2) is 0 Å². The Hall–Kier alpha value is -1.59. The molecule has 2 saturated heterocycles. The first-order valence-electron chi connectivity index (χ1n) is 14.5. The van der Waals surface area contributed by atoms with Crippen molar-refractivity contribution in [3.05, 3.63) is 70.4 Å². The van der Waals surface area contributed by atoms with Crippen LogP contribution >= 0.6 is 35.1 Å². The Kier molecular flexibility index (Phi) is 13.3. The van der Waals surface area contributed by atoms with Gasteiger partial charge in [-0.05, 0) is 70.5 Å². The predicted octanol–water partition coefficient (Wildman–Crippen LogP) is 5.48. The van der Waals surface area contributed by atoms with E-state index < -0.39 is 0 Å². The number of thiophene rings is 2. The first-order valence-corrected chi connectivity index (χ1v) is 16.3. The number of fused-ring (bicyclic) bond motifs is 2. The molecule has 0 saturated carbocycles. The van der Waals surface area contributed by atoms with E-state index in [4.69, 9.17) is 9.47 Å². The van der Waals surface area contributed by atoms with Crippen molar-refractivity contribution >= 4 is 55.3 Å². The van der Waals surface area contributed by atoms with Crippen LogP contribution in [0.1, 0.15) is 24.0 Å². The summed E-state index contributed by atoms with van der Waals surface area (Å²) in [5, 5.41) is 25.3. The summed E-state index contributed by atoms with van der Waals surface area (Å²) in [5.74, 6) is 0. The van der Waals surface area contributed by atoms with E-state index in [0.29, 0.717) is 0 Å². The first-order chi connectivity index (χ1) is 19.7. The molecule has 4 heterocycles. The molecule has 0 spiro atoms. The van der Waals surface area contributed by atoms with E-state index in [2.05, 4.69) is 69.1 Å². The van der Waals surface area contributed by atoms with Crippen molar-refractivity contribution < 1.29 is 19.7 Å². The standard InChI is InChI=1S/2C16H21NO2S.ClH/c2*18-15-11-17(12-15)7-2-8-19-9-5-13-3-1-4-14-6-10-20-16(13)14;/h2*1,3-4,6,10,15,18H,2,5,7-9,11-12H2;1H. The SMILES string of the molecule is Cl.OC1CN(CCCOCCc2cccc3ccsc23)C1.OC1CN(CCCOCCc2cccc3ccsc23)C1. The normalized spacial score (nSPS) is 16.2. The second-order valence-electron chi connectivity index (χ2n) is 10.8. The lowest BCUT2D eigenvalue weighted by molar-refractivity contribution is -0.00316. The molecule has 2 aromatic carbocycles. The molecular weight excluding hydrogens is 576 g/mol. The van der Waals surface area contributed by atoms with Crippen LogP contribution in [-0.2, 0) is 22.3 Å². The molecule has 0 unspecified atom stereocenters. The molecule has 41 heavy (non-hydrogen) atoms. The summed E-state index contributed by atoms with van der Waals surface area (Å²) in [6.07, 6.45) is 3.89. The molecule has 0 radical (unpaired) electrons. The van der Waals surface area contributed by atoms with Crippen molar-refractivity contribution in [3.63, 3.8) is 0 Å². The Morgan fingerprint density at radius 2 is 1.07 bits per heavy atom. The van der Waals surface area contributed by atoms with Gasteiger partial charge >= 0.3 is 0 Å². The second-order valence-corrected chi connectivity index (χ2v) is 12.6. The molecule has 0 atom stereocenters. The number of benzene rings is 2. The third-order valence-electron chi connectivity index (χ3n) is 7.55. The average Bonchev–Trinajstić information content (AvgIpc) is 3.61. The Morgan fingerprint density at radius 3 is 1.49 bits per heavy atom. The van der Waals surface area contributed by atoms with Crippen LogP contribution in [-0.4, -0.2) is 97.9 Å². The van der Waals surface area contributed by atoms with E-state index in [1.165, 1.54) is 31.3 Å². The van der Waals surface area contributed by atoms with Crippen molar-refractivity contribution in [1.82, 2.24) is 9.80 Å². The molecular formula is C32H43ClN2O4S2. The molecule has 0 bridgehead atoms. The number of rotatable bonds is 14. The molecule has 9 heteroatoms. The number of likely N-dealkylation sites (tertiary alicyclic amines) is 2. The maximum atomic E-state index is 9.18. The zero-order chi connectivity index (χ0) is 27.6. The maximum absolute atomic E-state index is 9.18. The minimum absolute atomic E-state index is 0. The summed E-state index contributed by atoms with van der Waals surface area (Å²) in [6, 6.07) is 17.3. The maximum Gasteiger partial charge on any atom is 0.0793 e. The number of aliphatic hydroxyl groups is 2. The van der Waals surface area contributed by atoms with Crippen LogP contribution in [0.2, 0.25) is 0 Å². The van der Waals surface area contributed by atoms with E-state index in [0.717, 1.165) is 91.4 Å². The first kappa shape index (κ1) is 32.3. The fourth-order valence-electron chi connectivity index (χ4n) is 5.30. The molecule has 0 aliphatic carbocycles. The number of hydrogen-bond donors (Lipinski definition) is 2. The number of aliphatic hydroxyl groups excluding tert-OH is 2. The zero-order valence-corrected chi connectivity index (χ0v) is 26.1. The van der Waals surface area contributed by atoms with Crippen molar-refractivity contribution in [2.24, 2.45) is 0 Å². The van der Waals surface area contributed by atoms with Gasteiger partial charge in [0.1, 0.15) is 0 Å². The second kappa shape index (κ2) is 16.9. The van der Waals surface area contributed by atoms with Gasteiger partial charge in [0.2, 0.25) is 0 Å². The van der Waals surface area contributed by atoms with E-state index in [1.807, 2.05) is 22.7 Å². The Bertz CT molecular complexity index is 1200. The Balaban J connectivity index is 0.000000184. The Morgan fingerprint density at radius 1 is 0.634 bits per heavy atom. The molecule has 2 aliphatic heterocycles. The average molecular weight is 619 g/mol. The van der Waals surface area contributed by atoms with Gasteiger partial charge in [-0.25, -0.2) is 0 Å². The lowest BCUT2D eigenvalue weighted by Gasteiger charge is -2.35. The number of halogens is 1. The smallest absolute Gasteiger partial charge is 0.0793 e. The topological polar surface area (TPSA) is 65.4 Å². The fourth-order valence-corrected chi connectivity index (χ4v) is 7.19. The van der Waals surface area contributed by atoms with Gasteiger partial charge < -0.3 is 19.7 Å². The molecule has 0 amide bonds. The summed E-state index contributed by atoms with van der Waals surface area (Å²) in [6.45, 7) is 8.62. The summed E-state index contributed by atoms with van der Waals surface area (Å²) >= 11 is 3.62. The lowest BCUT2D eigenvalue weighted by Crippen LogP contribution is -2.50.